The molecule has 6 heterocycles. The molecular formula is C35H33F3N6O2. The van der Waals surface area contributed by atoms with Gasteiger partial charge in [0.2, 0.25) is 0 Å². The molecule has 5 fully saturated rings. The van der Waals surface area contributed by atoms with E-state index in [0.29, 0.717) is 54.7 Å². The average molecular weight is 627 g/mol. The second-order valence-electron chi connectivity index (χ2n) is 14.1. The van der Waals surface area contributed by atoms with E-state index in [1.54, 1.807) is 0 Å². The number of nitrogens with one attached hydrogen (secondary N) is 1. The summed E-state index contributed by atoms with van der Waals surface area (Å²) >= 11 is 0. The molecule has 1 saturated carbocycles. The van der Waals surface area contributed by atoms with Crippen LogP contribution >= 0.6 is 0 Å². The Bertz CT molecular complexity index is 1970. The molecule has 0 radical (unpaired) electrons. The summed E-state index contributed by atoms with van der Waals surface area (Å²) < 4.78 is 52.7. The topological polar surface area (TPSA) is 86.6 Å². The number of pyridine rings is 1. The first-order chi connectivity index (χ1) is 22.2. The minimum Gasteiger partial charge on any atom is -0.508 e. The number of alkyl halides is 1. The molecule has 2 aromatic heterocycles. The molecule has 2 bridgehead atoms. The van der Waals surface area contributed by atoms with Crippen LogP contribution in [0.15, 0.2) is 30.5 Å². The highest BCUT2D eigenvalue weighted by Gasteiger charge is 2.62. The number of hydrogen-bond donors (Lipinski definition) is 2. The molecule has 46 heavy (non-hydrogen) atoms. The van der Waals surface area contributed by atoms with Gasteiger partial charge in [-0.25, -0.2) is 13.2 Å². The van der Waals surface area contributed by atoms with Gasteiger partial charge in [-0.2, -0.15) is 9.97 Å². The number of phenolic OH excluding ortho intramolecular Hbond substituents is 1. The van der Waals surface area contributed by atoms with Crippen LogP contribution in [0.1, 0.15) is 44.1 Å². The van der Waals surface area contributed by atoms with Crippen molar-refractivity contribution in [2.75, 3.05) is 37.7 Å². The van der Waals surface area contributed by atoms with Crippen LogP contribution in [0.4, 0.5) is 19.0 Å². The lowest BCUT2D eigenvalue weighted by atomic mass is 9.89. The van der Waals surface area contributed by atoms with E-state index >= 15 is 4.39 Å². The molecule has 4 saturated heterocycles. The van der Waals surface area contributed by atoms with Gasteiger partial charge in [0.1, 0.15) is 41.4 Å². The number of fused-ring (bicyclic) bond motifs is 5. The van der Waals surface area contributed by atoms with Gasteiger partial charge in [-0.1, -0.05) is 12.0 Å². The van der Waals surface area contributed by atoms with Crippen LogP contribution in [0.5, 0.6) is 11.8 Å². The van der Waals surface area contributed by atoms with Gasteiger partial charge in [-0.15, -0.1) is 6.42 Å². The Hall–Kier alpha value is -4.14. The molecular weight excluding hydrogens is 593 g/mol. The van der Waals surface area contributed by atoms with Crippen molar-refractivity contribution in [3.8, 4) is 35.4 Å². The summed E-state index contributed by atoms with van der Waals surface area (Å²) in [6.45, 7) is 2.88. The largest absolute Gasteiger partial charge is 0.508 e. The Morgan fingerprint density at radius 1 is 1.11 bits per heavy atom. The number of hydrogen-bond acceptors (Lipinski definition) is 8. The van der Waals surface area contributed by atoms with Crippen molar-refractivity contribution in [2.45, 2.75) is 62.3 Å². The standard InChI is InChI=1S/C35H33F3N6O2/c1-2-24-27(37)6-3-19-9-23(45)10-25(28(19)24)30-29(38)31-26(12-39-30)32(43-14-21-4-5-22(15-43)40-21)42-33(41-31)46-18-35-11-20(36)13-44(35)17-34(16-35)7-8-34/h1,3,6,9-10,12,20-22,40,45H,4-5,7-8,11,13-18H2/t20-,21-,22+,35?/m1/s1. The third kappa shape index (κ3) is 4.33. The molecule has 4 aliphatic heterocycles. The van der Waals surface area contributed by atoms with Gasteiger partial charge in [0.15, 0.2) is 5.82 Å². The summed E-state index contributed by atoms with van der Waals surface area (Å²) in [5.41, 5.74) is -0.194. The van der Waals surface area contributed by atoms with Crippen molar-refractivity contribution in [3.63, 3.8) is 0 Å². The Morgan fingerprint density at radius 3 is 2.67 bits per heavy atom. The maximum atomic E-state index is 16.8. The van der Waals surface area contributed by atoms with Crippen LogP contribution in [0, 0.1) is 29.4 Å². The number of halogens is 3. The van der Waals surface area contributed by atoms with E-state index in [4.69, 9.17) is 16.1 Å². The summed E-state index contributed by atoms with van der Waals surface area (Å²) in [6.07, 6.45) is 12.0. The van der Waals surface area contributed by atoms with E-state index in [-0.39, 0.29) is 51.5 Å². The van der Waals surface area contributed by atoms with E-state index < -0.39 is 23.3 Å². The minimum atomic E-state index is -0.912. The van der Waals surface area contributed by atoms with Gasteiger partial charge in [-0.3, -0.25) is 9.88 Å². The number of aromatic nitrogens is 3. The third-order valence-corrected chi connectivity index (χ3v) is 11.0. The summed E-state index contributed by atoms with van der Waals surface area (Å²) in [7, 11) is 0. The number of anilines is 1. The number of nitrogens with zero attached hydrogens (tertiary/aromatic N) is 5. The molecule has 1 spiro atoms. The van der Waals surface area contributed by atoms with Crippen LogP contribution in [0.3, 0.4) is 0 Å². The first kappa shape index (κ1) is 28.1. The fraction of sp³-hybridized carbons (Fsp3) is 0.457. The van der Waals surface area contributed by atoms with E-state index in [9.17, 15) is 13.9 Å². The summed E-state index contributed by atoms with van der Waals surface area (Å²) in [5, 5.41) is 15.3. The summed E-state index contributed by atoms with van der Waals surface area (Å²) in [6, 6.07) is 6.10. The Morgan fingerprint density at radius 2 is 1.91 bits per heavy atom. The Kier molecular flexibility index (Phi) is 6.07. The molecule has 2 aromatic carbocycles. The lowest BCUT2D eigenvalue weighted by Crippen LogP contribution is -2.51. The fourth-order valence-electron chi connectivity index (χ4n) is 8.76. The molecule has 2 N–H and O–H groups in total. The van der Waals surface area contributed by atoms with Gasteiger partial charge in [0.05, 0.1) is 16.5 Å². The van der Waals surface area contributed by atoms with Gasteiger partial charge in [0, 0.05) is 61.8 Å². The monoisotopic (exact) mass is 626 g/mol. The lowest BCUT2D eigenvalue weighted by molar-refractivity contribution is 0.107. The second-order valence-corrected chi connectivity index (χ2v) is 14.1. The molecule has 1 unspecified atom stereocenters. The van der Waals surface area contributed by atoms with Gasteiger partial charge in [0.25, 0.3) is 0 Å². The van der Waals surface area contributed by atoms with E-state index in [1.165, 1.54) is 30.5 Å². The van der Waals surface area contributed by atoms with Crippen LogP contribution in [0.2, 0.25) is 0 Å². The van der Waals surface area contributed by atoms with Crippen LogP contribution < -0.4 is 15.0 Å². The van der Waals surface area contributed by atoms with Gasteiger partial charge >= 0.3 is 6.01 Å². The number of terminal acetylenes is 1. The highest BCUT2D eigenvalue weighted by atomic mass is 19.1. The number of piperazine rings is 1. The first-order valence-corrected chi connectivity index (χ1v) is 16.0. The normalized spacial score (nSPS) is 27.9. The predicted molar refractivity (Wildman–Crippen MR) is 168 cm³/mol. The second kappa shape index (κ2) is 9.93. The lowest BCUT2D eigenvalue weighted by Gasteiger charge is -2.34. The van der Waals surface area contributed by atoms with Crippen LogP contribution in [-0.2, 0) is 0 Å². The number of benzene rings is 2. The van der Waals surface area contributed by atoms with Crippen molar-refractivity contribution in [3.05, 3.63) is 47.7 Å². The van der Waals surface area contributed by atoms with Crippen molar-refractivity contribution in [1.29, 1.82) is 0 Å². The molecule has 9 rings (SSSR count). The molecule has 0 amide bonds. The van der Waals surface area contributed by atoms with Gasteiger partial charge in [-0.05, 0) is 61.1 Å². The molecule has 1 aliphatic carbocycles. The SMILES string of the molecule is C#Cc1c(F)ccc2cc(O)cc(-c3ncc4c(N5C[C@H]6CC[C@@H](C5)N6)nc(OCC56C[C@@H](F)CN5CC5(CC5)C6)nc4c3F)c12. The minimum absolute atomic E-state index is 0.000245. The van der Waals surface area contributed by atoms with Crippen LogP contribution in [-0.4, -0.2) is 81.5 Å². The van der Waals surface area contributed by atoms with E-state index in [2.05, 4.69) is 31.0 Å². The van der Waals surface area contributed by atoms with Crippen molar-refractivity contribution >= 4 is 27.5 Å². The first-order valence-electron chi connectivity index (χ1n) is 16.0. The van der Waals surface area contributed by atoms with Crippen LogP contribution in [0.25, 0.3) is 32.9 Å². The van der Waals surface area contributed by atoms with E-state index in [0.717, 1.165) is 38.6 Å². The number of rotatable bonds is 5. The molecule has 4 atom stereocenters. The maximum absolute atomic E-state index is 16.8. The fourth-order valence-corrected chi connectivity index (χ4v) is 8.76. The molecule has 4 aromatic rings. The van der Waals surface area contributed by atoms with Gasteiger partial charge < -0.3 is 20.1 Å². The van der Waals surface area contributed by atoms with Crippen molar-refractivity contribution in [2.24, 2.45) is 5.41 Å². The van der Waals surface area contributed by atoms with Crippen molar-refractivity contribution in [1.82, 2.24) is 25.2 Å². The molecule has 8 nitrogen and oxygen atoms in total. The average Bonchev–Trinajstić information content (AvgIpc) is 3.48. The highest BCUT2D eigenvalue weighted by Crippen LogP contribution is 2.60. The Balaban J connectivity index is 1.18. The Labute approximate surface area is 264 Å². The zero-order chi connectivity index (χ0) is 31.4. The smallest absolute Gasteiger partial charge is 0.319 e. The van der Waals surface area contributed by atoms with E-state index in [1.807, 2.05) is 0 Å². The third-order valence-electron chi connectivity index (χ3n) is 11.0. The zero-order valence-electron chi connectivity index (χ0n) is 25.2. The number of ether oxygens (including phenoxy) is 1. The molecule has 236 valence electrons. The number of aromatic hydroxyl groups is 1. The van der Waals surface area contributed by atoms with Crippen molar-refractivity contribution < 1.29 is 23.0 Å². The quantitative estimate of drug-likeness (QED) is 0.296. The summed E-state index contributed by atoms with van der Waals surface area (Å²) in [4.78, 5) is 18.3. The molecule has 5 aliphatic rings. The summed E-state index contributed by atoms with van der Waals surface area (Å²) in [5.74, 6) is 1.38. The zero-order valence-corrected chi connectivity index (χ0v) is 25.2. The number of phenols is 1. The predicted octanol–water partition coefficient (Wildman–Crippen LogP) is 5.10. The maximum Gasteiger partial charge on any atom is 0.319 e. The molecule has 11 heteroatoms. The highest BCUT2D eigenvalue weighted by molar-refractivity contribution is 6.03.